The number of ether oxygens (including phenoxy) is 1. The van der Waals surface area contributed by atoms with Gasteiger partial charge in [-0.2, -0.15) is 0 Å². The molecule has 0 saturated heterocycles. The maximum absolute atomic E-state index is 13.1. The minimum atomic E-state index is -1.20. The first-order valence-electron chi connectivity index (χ1n) is 6.27. The smallest absolute Gasteiger partial charge is 0.339 e. The number of carbonyl (C=O) groups is 1. The average Bonchev–Trinajstić information content (AvgIpc) is 2.80. The monoisotopic (exact) mass is 283 g/mol. The van der Waals surface area contributed by atoms with Crippen molar-refractivity contribution in [2.24, 2.45) is 5.11 Å². The molecule has 3 rings (SSSR count). The van der Waals surface area contributed by atoms with Gasteiger partial charge in [0.15, 0.2) is 5.60 Å². The molecule has 1 aliphatic heterocycles. The molecule has 0 spiro atoms. The number of rotatable bonds is 3. The van der Waals surface area contributed by atoms with Gasteiger partial charge in [0.05, 0.1) is 12.1 Å². The van der Waals surface area contributed by atoms with E-state index in [-0.39, 0.29) is 6.54 Å². The summed E-state index contributed by atoms with van der Waals surface area (Å²) >= 11 is 0. The topological polar surface area (TPSA) is 75.1 Å². The molecular weight excluding hydrogens is 273 g/mol. The first-order valence-corrected chi connectivity index (χ1v) is 6.27. The number of benzene rings is 2. The third kappa shape index (κ3) is 2.02. The molecule has 1 atom stereocenters. The highest BCUT2D eigenvalue weighted by Gasteiger charge is 2.46. The van der Waals surface area contributed by atoms with Gasteiger partial charge in [-0.1, -0.05) is 35.4 Å². The van der Waals surface area contributed by atoms with Crippen LogP contribution in [0, 0.1) is 5.82 Å². The lowest BCUT2D eigenvalue weighted by Crippen LogP contribution is -2.31. The Morgan fingerprint density at radius 1 is 1.19 bits per heavy atom. The first-order chi connectivity index (χ1) is 10.2. The summed E-state index contributed by atoms with van der Waals surface area (Å²) in [7, 11) is 0. The van der Waals surface area contributed by atoms with E-state index in [1.807, 2.05) is 0 Å². The van der Waals surface area contributed by atoms with Gasteiger partial charge in [0.2, 0.25) is 0 Å². The molecule has 0 saturated carbocycles. The van der Waals surface area contributed by atoms with Gasteiger partial charge in [0.25, 0.3) is 0 Å². The number of hydrogen-bond acceptors (Lipinski definition) is 3. The Kier molecular flexibility index (Phi) is 3.08. The van der Waals surface area contributed by atoms with Gasteiger partial charge in [-0.3, -0.25) is 0 Å². The number of fused-ring (bicyclic) bond motifs is 1. The summed E-state index contributed by atoms with van der Waals surface area (Å²) in [5.74, 6) is -0.877. The predicted molar refractivity (Wildman–Crippen MR) is 73.1 cm³/mol. The Hall–Kier alpha value is -2.85. The normalized spacial score (nSPS) is 19.6. The van der Waals surface area contributed by atoms with Gasteiger partial charge in [0.1, 0.15) is 5.82 Å². The maximum Gasteiger partial charge on any atom is 0.339 e. The molecule has 0 fully saturated rings. The van der Waals surface area contributed by atoms with Crippen LogP contribution in [0.25, 0.3) is 10.4 Å². The minimum Gasteiger partial charge on any atom is -0.445 e. The number of azide groups is 1. The quantitative estimate of drug-likeness (QED) is 0.374. The molecule has 0 bridgehead atoms. The lowest BCUT2D eigenvalue weighted by Gasteiger charge is -2.27. The van der Waals surface area contributed by atoms with Crippen molar-refractivity contribution < 1.29 is 13.9 Å². The summed E-state index contributed by atoms with van der Waals surface area (Å²) in [4.78, 5) is 14.8. The van der Waals surface area contributed by atoms with E-state index in [2.05, 4.69) is 10.0 Å². The second-order valence-electron chi connectivity index (χ2n) is 4.66. The molecular formula is C15H10FN3O2. The summed E-state index contributed by atoms with van der Waals surface area (Å²) in [5, 5.41) is 3.57. The molecule has 5 nitrogen and oxygen atoms in total. The van der Waals surface area contributed by atoms with Crippen molar-refractivity contribution in [2.75, 3.05) is 6.54 Å². The van der Waals surface area contributed by atoms with Crippen LogP contribution in [0.1, 0.15) is 21.5 Å². The van der Waals surface area contributed by atoms with Gasteiger partial charge in [0, 0.05) is 16.0 Å². The standard InChI is InChI=1S/C15H10FN3O2/c16-11-7-5-10(6-8-11)15(9-18-19-17)13-4-2-1-3-12(13)14(20)21-15/h1-8H,9H2. The first kappa shape index (κ1) is 13.1. The second-order valence-corrected chi connectivity index (χ2v) is 4.66. The van der Waals surface area contributed by atoms with Gasteiger partial charge < -0.3 is 4.74 Å². The van der Waals surface area contributed by atoms with Crippen LogP contribution in [-0.4, -0.2) is 12.5 Å². The fraction of sp³-hybridized carbons (Fsp3) is 0.133. The highest BCUT2D eigenvalue weighted by Crippen LogP contribution is 2.42. The van der Waals surface area contributed by atoms with Crippen molar-refractivity contribution in [2.45, 2.75) is 5.60 Å². The van der Waals surface area contributed by atoms with Crippen molar-refractivity contribution in [3.8, 4) is 0 Å². The molecule has 1 heterocycles. The summed E-state index contributed by atoms with van der Waals surface area (Å²) in [6, 6.07) is 12.5. The molecule has 6 heteroatoms. The van der Waals surface area contributed by atoms with Crippen molar-refractivity contribution in [1.29, 1.82) is 0 Å². The molecule has 1 aliphatic rings. The average molecular weight is 283 g/mol. The van der Waals surface area contributed by atoms with Gasteiger partial charge in [-0.15, -0.1) is 0 Å². The molecule has 0 radical (unpaired) electrons. The molecule has 0 N–H and O–H groups in total. The van der Waals surface area contributed by atoms with Crippen LogP contribution in [0.2, 0.25) is 0 Å². The van der Waals surface area contributed by atoms with Gasteiger partial charge in [-0.05, 0) is 23.7 Å². The number of carbonyl (C=O) groups excluding carboxylic acids is 1. The second kappa shape index (κ2) is 4.92. The van der Waals surface area contributed by atoms with Crippen molar-refractivity contribution >= 4 is 5.97 Å². The number of hydrogen-bond donors (Lipinski definition) is 0. The zero-order chi connectivity index (χ0) is 14.9. The molecule has 21 heavy (non-hydrogen) atoms. The number of esters is 1. The lowest BCUT2D eigenvalue weighted by atomic mass is 9.85. The minimum absolute atomic E-state index is 0.0854. The highest BCUT2D eigenvalue weighted by molar-refractivity contribution is 5.95. The summed E-state index contributed by atoms with van der Waals surface area (Å²) in [5.41, 5.74) is 9.01. The Balaban J connectivity index is 2.22. The summed E-state index contributed by atoms with van der Waals surface area (Å²) in [6.45, 7) is -0.0854. The molecule has 1 unspecified atom stereocenters. The third-order valence-electron chi connectivity index (χ3n) is 3.52. The Bertz CT molecular complexity index is 750. The van der Waals surface area contributed by atoms with E-state index in [1.165, 1.54) is 24.3 Å². The van der Waals surface area contributed by atoms with Crippen LogP contribution in [-0.2, 0) is 10.3 Å². The lowest BCUT2D eigenvalue weighted by molar-refractivity contribution is 0.0143. The van der Waals surface area contributed by atoms with Gasteiger partial charge in [-0.25, -0.2) is 9.18 Å². The zero-order valence-electron chi connectivity index (χ0n) is 10.9. The van der Waals surface area contributed by atoms with E-state index in [0.29, 0.717) is 16.7 Å². The van der Waals surface area contributed by atoms with E-state index in [1.54, 1.807) is 24.3 Å². The van der Waals surface area contributed by atoms with E-state index in [0.717, 1.165) is 0 Å². The van der Waals surface area contributed by atoms with Crippen LogP contribution in [0.15, 0.2) is 53.6 Å². The fourth-order valence-corrected chi connectivity index (χ4v) is 2.55. The molecule has 2 aromatic carbocycles. The number of nitrogens with zero attached hydrogens (tertiary/aromatic N) is 3. The van der Waals surface area contributed by atoms with Crippen LogP contribution in [0.3, 0.4) is 0 Å². The molecule has 2 aromatic rings. The van der Waals surface area contributed by atoms with Crippen LogP contribution >= 0.6 is 0 Å². The predicted octanol–water partition coefficient (Wildman–Crippen LogP) is 3.55. The molecule has 0 amide bonds. The Labute approximate surface area is 119 Å². The molecule has 0 aromatic heterocycles. The van der Waals surface area contributed by atoms with Crippen molar-refractivity contribution in [3.05, 3.63) is 81.5 Å². The highest BCUT2D eigenvalue weighted by atomic mass is 19.1. The van der Waals surface area contributed by atoms with E-state index in [9.17, 15) is 9.18 Å². The Morgan fingerprint density at radius 3 is 2.62 bits per heavy atom. The van der Waals surface area contributed by atoms with Crippen LogP contribution in [0.4, 0.5) is 4.39 Å². The van der Waals surface area contributed by atoms with Crippen LogP contribution in [0.5, 0.6) is 0 Å². The number of halogens is 1. The van der Waals surface area contributed by atoms with Crippen molar-refractivity contribution in [3.63, 3.8) is 0 Å². The fourth-order valence-electron chi connectivity index (χ4n) is 2.55. The third-order valence-corrected chi connectivity index (χ3v) is 3.52. The summed E-state index contributed by atoms with van der Waals surface area (Å²) in [6.07, 6.45) is 0. The SMILES string of the molecule is [N-]=[N+]=NCC1(c2ccc(F)cc2)OC(=O)c2ccccc21. The van der Waals surface area contributed by atoms with E-state index in [4.69, 9.17) is 10.3 Å². The number of cyclic esters (lactones) is 1. The van der Waals surface area contributed by atoms with E-state index >= 15 is 0 Å². The molecule has 0 aliphatic carbocycles. The zero-order valence-corrected chi connectivity index (χ0v) is 10.9. The van der Waals surface area contributed by atoms with Crippen molar-refractivity contribution in [1.82, 2.24) is 0 Å². The Morgan fingerprint density at radius 2 is 1.90 bits per heavy atom. The largest absolute Gasteiger partial charge is 0.445 e. The van der Waals surface area contributed by atoms with Crippen LogP contribution < -0.4 is 0 Å². The summed E-state index contributed by atoms with van der Waals surface area (Å²) < 4.78 is 18.7. The molecule has 104 valence electrons. The van der Waals surface area contributed by atoms with Gasteiger partial charge >= 0.3 is 5.97 Å². The maximum atomic E-state index is 13.1. The van der Waals surface area contributed by atoms with E-state index < -0.39 is 17.4 Å².